The average molecular weight is 618 g/mol. The van der Waals surface area contributed by atoms with Crippen molar-refractivity contribution in [1.29, 1.82) is 0 Å². The summed E-state index contributed by atoms with van der Waals surface area (Å²) in [5.74, 6) is -0.771. The fourth-order valence-electron chi connectivity index (χ4n) is 4.61. The Hall–Kier alpha value is -2.90. The first-order valence-electron chi connectivity index (χ1n) is 14.3. The number of amides is 2. The van der Waals surface area contributed by atoms with Crippen molar-refractivity contribution in [3.8, 4) is 0 Å². The van der Waals surface area contributed by atoms with E-state index in [1.54, 1.807) is 24.7 Å². The molecular weight excluding hydrogens is 574 g/mol. The highest BCUT2D eigenvalue weighted by atomic mass is 32.2. The van der Waals surface area contributed by atoms with Gasteiger partial charge in [-0.05, 0) is 49.1 Å². The van der Waals surface area contributed by atoms with Crippen LogP contribution in [0.3, 0.4) is 0 Å². The number of aliphatic hydroxyl groups excluding tert-OH is 1. The number of hydrogen-bond donors (Lipinski definition) is 3. The molecule has 2 amide bonds. The lowest BCUT2D eigenvalue weighted by Gasteiger charge is -2.37. The first kappa shape index (κ1) is 33.6. The van der Waals surface area contributed by atoms with Gasteiger partial charge in [0.15, 0.2) is 0 Å². The van der Waals surface area contributed by atoms with Crippen molar-refractivity contribution < 1.29 is 23.1 Å². The molecule has 3 N–H and O–H groups in total. The number of rotatable bonds is 15. The molecule has 2 aromatic carbocycles. The van der Waals surface area contributed by atoms with Crippen LogP contribution in [0.15, 0.2) is 58.9 Å². The molecule has 42 heavy (non-hydrogen) atoms. The van der Waals surface area contributed by atoms with Crippen molar-refractivity contribution in [2.45, 2.75) is 64.0 Å². The molecule has 3 aromatic rings. The fraction of sp³-hybridized carbons (Fsp3) is 0.500. The SMILES string of the molecule is CC[C@H](C)CC(=O)N(NC(=O)CNC)C(Cc1ccccc1)[C@H](O)CN(CC(C)C)S(=O)(=O)c1ccc2ncsc2c1. The zero-order chi connectivity index (χ0) is 30.9. The molecule has 0 saturated carbocycles. The number of fused-ring (bicyclic) bond motifs is 1. The first-order chi connectivity index (χ1) is 20.0. The highest BCUT2D eigenvalue weighted by Gasteiger charge is 2.36. The molecule has 0 aliphatic rings. The molecule has 3 rings (SSSR count). The van der Waals surface area contributed by atoms with Gasteiger partial charge in [0.25, 0.3) is 5.91 Å². The number of thiazole rings is 1. The van der Waals surface area contributed by atoms with Crippen molar-refractivity contribution in [3.05, 3.63) is 59.6 Å². The number of carbonyl (C=O) groups is 2. The number of nitrogens with zero attached hydrogens (tertiary/aromatic N) is 3. The van der Waals surface area contributed by atoms with E-state index in [2.05, 4.69) is 15.7 Å². The molecule has 0 bridgehead atoms. The van der Waals surface area contributed by atoms with E-state index in [0.717, 1.165) is 16.7 Å². The van der Waals surface area contributed by atoms with Gasteiger partial charge in [-0.3, -0.25) is 15.0 Å². The average Bonchev–Trinajstić information content (AvgIpc) is 3.43. The van der Waals surface area contributed by atoms with Crippen LogP contribution in [-0.2, 0) is 26.0 Å². The van der Waals surface area contributed by atoms with E-state index in [1.165, 1.54) is 26.7 Å². The maximum absolute atomic E-state index is 13.9. The number of likely N-dealkylation sites (N-methyl/N-ethyl adjacent to an activating group) is 1. The van der Waals surface area contributed by atoms with Crippen LogP contribution in [0.1, 0.15) is 46.1 Å². The summed E-state index contributed by atoms with van der Waals surface area (Å²) in [6, 6.07) is 13.2. The van der Waals surface area contributed by atoms with E-state index < -0.39 is 28.1 Å². The van der Waals surface area contributed by atoms with Gasteiger partial charge in [-0.2, -0.15) is 4.31 Å². The maximum atomic E-state index is 13.9. The Balaban J connectivity index is 2.01. The summed E-state index contributed by atoms with van der Waals surface area (Å²) in [6.45, 7) is 7.60. The lowest BCUT2D eigenvalue weighted by molar-refractivity contribution is -0.148. The lowest BCUT2D eigenvalue weighted by Crippen LogP contribution is -2.60. The summed E-state index contributed by atoms with van der Waals surface area (Å²) < 4.78 is 29.9. The lowest BCUT2D eigenvalue weighted by atomic mass is 9.98. The Labute approximate surface area is 253 Å². The Morgan fingerprint density at radius 1 is 1.07 bits per heavy atom. The van der Waals surface area contributed by atoms with E-state index in [0.29, 0.717) is 5.52 Å². The van der Waals surface area contributed by atoms with Crippen molar-refractivity contribution in [2.75, 3.05) is 26.7 Å². The van der Waals surface area contributed by atoms with Gasteiger partial charge in [-0.15, -0.1) is 11.3 Å². The van der Waals surface area contributed by atoms with Crippen molar-refractivity contribution in [2.24, 2.45) is 11.8 Å². The second-order valence-corrected chi connectivity index (χ2v) is 13.9. The van der Waals surface area contributed by atoms with E-state index in [9.17, 15) is 23.1 Å². The van der Waals surface area contributed by atoms with Gasteiger partial charge in [0.2, 0.25) is 15.9 Å². The van der Waals surface area contributed by atoms with Crippen LogP contribution in [-0.4, -0.2) is 78.5 Å². The third-order valence-corrected chi connectivity index (χ3v) is 9.65. The van der Waals surface area contributed by atoms with E-state index in [-0.39, 0.29) is 55.1 Å². The molecule has 1 unspecified atom stereocenters. The van der Waals surface area contributed by atoms with Gasteiger partial charge in [0, 0.05) is 19.5 Å². The minimum Gasteiger partial charge on any atom is -0.390 e. The van der Waals surface area contributed by atoms with Crippen LogP contribution >= 0.6 is 11.3 Å². The van der Waals surface area contributed by atoms with Crippen LogP contribution in [0.2, 0.25) is 0 Å². The van der Waals surface area contributed by atoms with Crippen LogP contribution in [0.4, 0.5) is 0 Å². The van der Waals surface area contributed by atoms with Crippen LogP contribution in [0.5, 0.6) is 0 Å². The van der Waals surface area contributed by atoms with Gasteiger partial charge in [-0.1, -0.05) is 64.4 Å². The minimum absolute atomic E-state index is 0.0326. The standard InChI is InChI=1S/C30H43N5O5S2/c1-6-22(4)14-30(38)35(33-29(37)17-31-5)26(15-23-10-8-7-9-11-23)27(36)19-34(18-21(2)3)42(39,40)24-12-13-25-28(16-24)41-20-32-25/h7-13,16,20-22,26-27,31,36H,6,14-15,17-19H2,1-5H3,(H,33,37)/t22-,26?,27+/m0/s1. The predicted octanol–water partition coefficient (Wildman–Crippen LogP) is 3.43. The Morgan fingerprint density at radius 2 is 1.79 bits per heavy atom. The minimum atomic E-state index is -4.02. The summed E-state index contributed by atoms with van der Waals surface area (Å²) in [6.07, 6.45) is -0.185. The molecule has 10 nitrogen and oxygen atoms in total. The molecule has 0 radical (unpaired) electrons. The molecule has 1 heterocycles. The van der Waals surface area contributed by atoms with Crippen molar-refractivity contribution in [3.63, 3.8) is 0 Å². The van der Waals surface area contributed by atoms with Gasteiger partial charge in [0.1, 0.15) is 0 Å². The molecule has 230 valence electrons. The normalized spacial score (nSPS) is 14.2. The summed E-state index contributed by atoms with van der Waals surface area (Å²) in [7, 11) is -2.39. The third kappa shape index (κ3) is 9.05. The number of aliphatic hydroxyl groups is 1. The first-order valence-corrected chi connectivity index (χ1v) is 16.6. The van der Waals surface area contributed by atoms with Gasteiger partial charge in [-0.25, -0.2) is 18.4 Å². The molecular formula is C30H43N5O5S2. The quantitative estimate of drug-likeness (QED) is 0.223. The summed E-state index contributed by atoms with van der Waals surface area (Å²) in [5, 5.41) is 15.8. The molecule has 0 aliphatic carbocycles. The smallest absolute Gasteiger partial charge is 0.252 e. The molecule has 0 spiro atoms. The molecule has 0 aliphatic heterocycles. The Morgan fingerprint density at radius 3 is 2.43 bits per heavy atom. The third-order valence-electron chi connectivity index (χ3n) is 7.03. The van der Waals surface area contributed by atoms with Crippen LogP contribution in [0.25, 0.3) is 10.2 Å². The number of carbonyl (C=O) groups excluding carboxylic acids is 2. The van der Waals surface area contributed by atoms with E-state index in [1.807, 2.05) is 58.0 Å². The zero-order valence-corrected chi connectivity index (χ0v) is 26.6. The number of sulfonamides is 1. The predicted molar refractivity (Wildman–Crippen MR) is 166 cm³/mol. The Kier molecular flexibility index (Phi) is 12.4. The zero-order valence-electron chi connectivity index (χ0n) is 25.0. The number of nitrogens with one attached hydrogen (secondary N) is 2. The van der Waals surface area contributed by atoms with Crippen LogP contribution in [0, 0.1) is 11.8 Å². The second kappa shape index (κ2) is 15.5. The largest absolute Gasteiger partial charge is 0.390 e. The fourth-order valence-corrected chi connectivity index (χ4v) is 7.05. The monoisotopic (exact) mass is 617 g/mol. The molecule has 3 atom stereocenters. The summed E-state index contributed by atoms with van der Waals surface area (Å²) >= 11 is 1.35. The molecule has 0 fully saturated rings. The topological polar surface area (TPSA) is 132 Å². The Bertz CT molecular complexity index is 1410. The maximum Gasteiger partial charge on any atom is 0.252 e. The van der Waals surface area contributed by atoms with E-state index >= 15 is 0 Å². The van der Waals surface area contributed by atoms with Crippen LogP contribution < -0.4 is 10.7 Å². The summed E-state index contributed by atoms with van der Waals surface area (Å²) in [5.41, 5.74) is 5.91. The number of hydrogen-bond acceptors (Lipinski definition) is 8. The molecule has 12 heteroatoms. The summed E-state index contributed by atoms with van der Waals surface area (Å²) in [4.78, 5) is 30.7. The molecule has 0 saturated heterocycles. The second-order valence-electron chi connectivity index (χ2n) is 11.1. The highest BCUT2D eigenvalue weighted by Crippen LogP contribution is 2.26. The van der Waals surface area contributed by atoms with E-state index in [4.69, 9.17) is 0 Å². The van der Waals surface area contributed by atoms with Gasteiger partial charge in [0.05, 0.1) is 39.3 Å². The highest BCUT2D eigenvalue weighted by molar-refractivity contribution is 7.89. The van der Waals surface area contributed by atoms with Gasteiger partial charge < -0.3 is 10.4 Å². The molecule has 1 aromatic heterocycles. The number of aromatic nitrogens is 1. The number of benzene rings is 2. The van der Waals surface area contributed by atoms with Crippen molar-refractivity contribution >= 4 is 43.4 Å². The van der Waals surface area contributed by atoms with Gasteiger partial charge >= 0.3 is 0 Å². The number of hydrazine groups is 1. The van der Waals surface area contributed by atoms with Crippen molar-refractivity contribution in [1.82, 2.24) is 25.0 Å².